The third kappa shape index (κ3) is 2.51. The molecule has 1 unspecified atom stereocenters. The summed E-state index contributed by atoms with van der Waals surface area (Å²) in [5, 5.41) is 18.2. The zero-order chi connectivity index (χ0) is 14.1. The lowest BCUT2D eigenvalue weighted by atomic mass is 10.0. The second kappa shape index (κ2) is 5.21. The molecule has 1 atom stereocenters. The maximum absolute atomic E-state index is 9.56. The van der Waals surface area contributed by atoms with E-state index in [-0.39, 0.29) is 6.10 Å². The van der Waals surface area contributed by atoms with Gasteiger partial charge in [0.2, 0.25) is 0 Å². The summed E-state index contributed by atoms with van der Waals surface area (Å²) in [5.41, 5.74) is 4.52. The zero-order valence-electron chi connectivity index (χ0n) is 11.9. The number of anilines is 1. The standard InChI is InChI=1S/C16H19N3O/c1-11-3-4-13(9-12(11)2)15-5-6-16(18-17-15)19-8-7-14(20)10-19/h3-6,9,14,20H,7-8,10H2,1-2H3. The molecule has 0 saturated carbocycles. The van der Waals surface area contributed by atoms with E-state index in [0.29, 0.717) is 6.54 Å². The molecule has 20 heavy (non-hydrogen) atoms. The minimum absolute atomic E-state index is 0.240. The number of hydrogen-bond donors (Lipinski definition) is 1. The molecule has 1 saturated heterocycles. The molecule has 0 amide bonds. The number of rotatable bonds is 2. The van der Waals surface area contributed by atoms with Crippen LogP contribution in [0.15, 0.2) is 30.3 Å². The summed E-state index contributed by atoms with van der Waals surface area (Å²) >= 11 is 0. The van der Waals surface area contributed by atoms with E-state index >= 15 is 0 Å². The molecule has 104 valence electrons. The minimum Gasteiger partial charge on any atom is -0.391 e. The first kappa shape index (κ1) is 13.1. The highest BCUT2D eigenvalue weighted by atomic mass is 16.3. The van der Waals surface area contributed by atoms with Gasteiger partial charge in [-0.2, -0.15) is 0 Å². The van der Waals surface area contributed by atoms with Crippen molar-refractivity contribution in [2.75, 3.05) is 18.0 Å². The van der Waals surface area contributed by atoms with Gasteiger partial charge in [-0.3, -0.25) is 0 Å². The quantitative estimate of drug-likeness (QED) is 0.909. The number of aliphatic hydroxyl groups is 1. The van der Waals surface area contributed by atoms with E-state index in [9.17, 15) is 5.11 Å². The molecule has 4 nitrogen and oxygen atoms in total. The van der Waals surface area contributed by atoms with Crippen LogP contribution in [0.2, 0.25) is 0 Å². The lowest BCUT2D eigenvalue weighted by molar-refractivity contribution is 0.198. The molecule has 2 aromatic rings. The molecule has 0 aliphatic carbocycles. The highest BCUT2D eigenvalue weighted by Crippen LogP contribution is 2.22. The van der Waals surface area contributed by atoms with Crippen molar-refractivity contribution in [1.82, 2.24) is 10.2 Å². The summed E-state index contributed by atoms with van der Waals surface area (Å²) < 4.78 is 0. The average Bonchev–Trinajstić information content (AvgIpc) is 2.89. The second-order valence-corrected chi connectivity index (χ2v) is 5.46. The van der Waals surface area contributed by atoms with Crippen molar-refractivity contribution in [2.45, 2.75) is 26.4 Å². The fraction of sp³-hybridized carbons (Fsp3) is 0.375. The van der Waals surface area contributed by atoms with Crippen molar-refractivity contribution in [1.29, 1.82) is 0 Å². The number of benzene rings is 1. The summed E-state index contributed by atoms with van der Waals surface area (Å²) in [6.45, 7) is 5.70. The summed E-state index contributed by atoms with van der Waals surface area (Å²) in [5.74, 6) is 0.842. The van der Waals surface area contributed by atoms with Crippen LogP contribution >= 0.6 is 0 Å². The van der Waals surface area contributed by atoms with Crippen LogP contribution in [-0.4, -0.2) is 34.5 Å². The molecule has 3 rings (SSSR count). The fourth-order valence-electron chi connectivity index (χ4n) is 2.50. The molecular formula is C16H19N3O. The normalized spacial score (nSPS) is 18.6. The first-order valence-corrected chi connectivity index (χ1v) is 6.98. The van der Waals surface area contributed by atoms with Crippen molar-refractivity contribution in [3.8, 4) is 11.3 Å². The molecule has 0 spiro atoms. The number of β-amino-alcohol motifs (C(OH)–C–C–N with tert-alkyl or cyclic N) is 1. The topological polar surface area (TPSA) is 49.2 Å². The van der Waals surface area contributed by atoms with Gasteiger partial charge in [0.25, 0.3) is 0 Å². The Bertz CT molecular complexity index is 610. The van der Waals surface area contributed by atoms with E-state index in [4.69, 9.17) is 0 Å². The average molecular weight is 269 g/mol. The predicted molar refractivity (Wildman–Crippen MR) is 79.8 cm³/mol. The summed E-state index contributed by atoms with van der Waals surface area (Å²) in [4.78, 5) is 2.07. The molecule has 1 aliphatic heterocycles. The molecule has 0 bridgehead atoms. The maximum Gasteiger partial charge on any atom is 0.151 e. The first-order chi connectivity index (χ1) is 9.63. The van der Waals surface area contributed by atoms with Crippen LogP contribution in [0.5, 0.6) is 0 Å². The minimum atomic E-state index is -0.240. The van der Waals surface area contributed by atoms with Crippen molar-refractivity contribution >= 4 is 5.82 Å². The van der Waals surface area contributed by atoms with Crippen molar-refractivity contribution in [3.05, 3.63) is 41.5 Å². The highest BCUT2D eigenvalue weighted by Gasteiger charge is 2.21. The summed E-state index contributed by atoms with van der Waals surface area (Å²) in [6.07, 6.45) is 0.567. The van der Waals surface area contributed by atoms with Crippen LogP contribution in [0.1, 0.15) is 17.5 Å². The van der Waals surface area contributed by atoms with E-state index in [2.05, 4.69) is 47.1 Å². The number of hydrogen-bond acceptors (Lipinski definition) is 4. The summed E-state index contributed by atoms with van der Waals surface area (Å²) in [6, 6.07) is 10.3. The Hall–Kier alpha value is -1.94. The van der Waals surface area contributed by atoms with Gasteiger partial charge in [-0.25, -0.2) is 0 Å². The van der Waals surface area contributed by atoms with Crippen LogP contribution < -0.4 is 4.90 Å². The Kier molecular flexibility index (Phi) is 3.40. The van der Waals surface area contributed by atoms with Gasteiger partial charge < -0.3 is 10.0 Å². The maximum atomic E-state index is 9.56. The zero-order valence-corrected chi connectivity index (χ0v) is 11.9. The van der Waals surface area contributed by atoms with E-state index in [1.165, 1.54) is 11.1 Å². The Morgan fingerprint density at radius 3 is 2.55 bits per heavy atom. The molecule has 2 heterocycles. The van der Waals surface area contributed by atoms with E-state index in [0.717, 1.165) is 30.0 Å². The SMILES string of the molecule is Cc1ccc(-c2ccc(N3CCC(O)C3)nn2)cc1C. The first-order valence-electron chi connectivity index (χ1n) is 6.98. The molecule has 4 heteroatoms. The number of nitrogens with zero attached hydrogens (tertiary/aromatic N) is 3. The van der Waals surface area contributed by atoms with Crippen LogP contribution in [0.3, 0.4) is 0 Å². The van der Waals surface area contributed by atoms with Gasteiger partial charge in [-0.15, -0.1) is 10.2 Å². The van der Waals surface area contributed by atoms with Crippen LogP contribution in [0.25, 0.3) is 11.3 Å². The molecule has 1 aromatic heterocycles. The molecule has 0 radical (unpaired) electrons. The fourth-order valence-corrected chi connectivity index (χ4v) is 2.50. The molecule has 1 aliphatic rings. The number of aryl methyl sites for hydroxylation is 2. The Morgan fingerprint density at radius 1 is 1.10 bits per heavy atom. The van der Waals surface area contributed by atoms with Crippen LogP contribution in [0, 0.1) is 13.8 Å². The van der Waals surface area contributed by atoms with Gasteiger partial charge in [0, 0.05) is 18.7 Å². The smallest absolute Gasteiger partial charge is 0.151 e. The Labute approximate surface area is 119 Å². The Balaban J connectivity index is 1.83. The van der Waals surface area contributed by atoms with E-state index < -0.39 is 0 Å². The third-order valence-electron chi connectivity index (χ3n) is 3.94. The van der Waals surface area contributed by atoms with Crippen molar-refractivity contribution < 1.29 is 5.11 Å². The monoisotopic (exact) mass is 269 g/mol. The molecule has 1 fully saturated rings. The van der Waals surface area contributed by atoms with Gasteiger partial charge in [-0.1, -0.05) is 12.1 Å². The van der Waals surface area contributed by atoms with Gasteiger partial charge in [0.15, 0.2) is 5.82 Å². The number of aromatic nitrogens is 2. The molecule has 1 N–H and O–H groups in total. The van der Waals surface area contributed by atoms with Crippen molar-refractivity contribution in [2.24, 2.45) is 0 Å². The lowest BCUT2D eigenvalue weighted by Gasteiger charge is -2.15. The third-order valence-corrected chi connectivity index (χ3v) is 3.94. The van der Waals surface area contributed by atoms with E-state index in [1.807, 2.05) is 12.1 Å². The van der Waals surface area contributed by atoms with E-state index in [1.54, 1.807) is 0 Å². The Morgan fingerprint density at radius 2 is 1.95 bits per heavy atom. The number of aliphatic hydroxyl groups excluding tert-OH is 1. The molecule has 1 aromatic carbocycles. The van der Waals surface area contributed by atoms with Crippen LogP contribution in [-0.2, 0) is 0 Å². The predicted octanol–water partition coefficient (Wildman–Crippen LogP) is 2.33. The van der Waals surface area contributed by atoms with Gasteiger partial charge in [0.1, 0.15) is 0 Å². The van der Waals surface area contributed by atoms with Crippen LogP contribution in [0.4, 0.5) is 5.82 Å². The highest BCUT2D eigenvalue weighted by molar-refractivity contribution is 5.61. The van der Waals surface area contributed by atoms with Gasteiger partial charge in [-0.05, 0) is 49.6 Å². The van der Waals surface area contributed by atoms with Gasteiger partial charge in [0.05, 0.1) is 11.8 Å². The lowest BCUT2D eigenvalue weighted by Crippen LogP contribution is -2.22. The van der Waals surface area contributed by atoms with Gasteiger partial charge >= 0.3 is 0 Å². The largest absolute Gasteiger partial charge is 0.391 e. The molecular weight excluding hydrogens is 250 g/mol. The second-order valence-electron chi connectivity index (χ2n) is 5.46. The summed E-state index contributed by atoms with van der Waals surface area (Å²) in [7, 11) is 0. The van der Waals surface area contributed by atoms with Crippen molar-refractivity contribution in [3.63, 3.8) is 0 Å².